The summed E-state index contributed by atoms with van der Waals surface area (Å²) in [5.41, 5.74) is 3.87. The van der Waals surface area contributed by atoms with E-state index in [0.717, 1.165) is 45.4 Å². The summed E-state index contributed by atoms with van der Waals surface area (Å²) in [5, 5.41) is 4.62. The van der Waals surface area contributed by atoms with E-state index >= 15 is 0 Å². The van der Waals surface area contributed by atoms with Crippen molar-refractivity contribution < 1.29 is 9.47 Å². The molecule has 1 aromatic heterocycles. The minimum atomic E-state index is 0.250. The summed E-state index contributed by atoms with van der Waals surface area (Å²) in [4.78, 5) is 7.98. The van der Waals surface area contributed by atoms with Crippen LogP contribution in [0, 0.1) is 0 Å². The fourth-order valence-corrected chi connectivity index (χ4v) is 4.44. The molecular formula is C25H24BrCl2N3O2. The minimum absolute atomic E-state index is 0.250. The number of hydrogen-bond donors (Lipinski definition) is 2. The quantitative estimate of drug-likeness (QED) is 0.211. The Morgan fingerprint density at radius 1 is 1.00 bits per heavy atom. The van der Waals surface area contributed by atoms with Gasteiger partial charge in [0.05, 0.1) is 17.6 Å². The van der Waals surface area contributed by atoms with Crippen LogP contribution in [0.4, 0.5) is 0 Å². The van der Waals surface area contributed by atoms with Crippen molar-refractivity contribution in [3.05, 3.63) is 86.1 Å². The molecule has 3 aromatic carbocycles. The molecule has 8 heteroatoms. The van der Waals surface area contributed by atoms with E-state index in [0.29, 0.717) is 34.7 Å². The number of ether oxygens (including phenoxy) is 2. The van der Waals surface area contributed by atoms with Crippen LogP contribution in [0.5, 0.6) is 11.5 Å². The van der Waals surface area contributed by atoms with Gasteiger partial charge in [0.2, 0.25) is 0 Å². The van der Waals surface area contributed by atoms with Crippen LogP contribution in [0.25, 0.3) is 11.0 Å². The Morgan fingerprint density at radius 3 is 2.52 bits per heavy atom. The van der Waals surface area contributed by atoms with Crippen molar-refractivity contribution >= 4 is 50.2 Å². The number of benzene rings is 3. The number of imidazole rings is 1. The predicted octanol–water partition coefficient (Wildman–Crippen LogP) is 6.94. The Hall–Kier alpha value is -2.25. The van der Waals surface area contributed by atoms with E-state index in [4.69, 9.17) is 32.7 Å². The molecule has 0 bridgehead atoms. The maximum absolute atomic E-state index is 6.27. The average Bonchev–Trinajstić information content (AvgIpc) is 3.21. The van der Waals surface area contributed by atoms with Crippen LogP contribution in [0.1, 0.15) is 23.9 Å². The van der Waals surface area contributed by atoms with Gasteiger partial charge in [0.1, 0.15) is 12.4 Å². The van der Waals surface area contributed by atoms with E-state index < -0.39 is 0 Å². The smallest absolute Gasteiger partial charge is 0.162 e. The van der Waals surface area contributed by atoms with E-state index in [1.54, 1.807) is 12.1 Å². The number of nitrogens with one attached hydrogen (secondary N) is 2. The lowest BCUT2D eigenvalue weighted by atomic mass is 10.2. The number of halogens is 3. The first-order valence-corrected chi connectivity index (χ1v) is 12.2. The molecule has 172 valence electrons. The van der Waals surface area contributed by atoms with Crippen molar-refractivity contribution in [3.63, 3.8) is 0 Å². The number of aromatic nitrogens is 2. The van der Waals surface area contributed by atoms with Gasteiger partial charge in [-0.05, 0) is 48.9 Å². The summed E-state index contributed by atoms with van der Waals surface area (Å²) in [6.45, 7) is 4.20. The zero-order valence-electron chi connectivity index (χ0n) is 18.1. The number of rotatable bonds is 10. The van der Waals surface area contributed by atoms with Crippen LogP contribution >= 0.6 is 39.1 Å². The number of aromatic amines is 1. The van der Waals surface area contributed by atoms with Gasteiger partial charge in [-0.15, -0.1) is 0 Å². The summed E-state index contributed by atoms with van der Waals surface area (Å²) in [7, 11) is 0. The SMILES string of the molecule is CCOc1cc(CNCCc2nc3ccccc3[nH]2)c(Br)cc1OCc1c(Cl)cccc1Cl. The van der Waals surface area contributed by atoms with Crippen molar-refractivity contribution in [2.24, 2.45) is 0 Å². The van der Waals surface area contributed by atoms with Crippen molar-refractivity contribution in [2.45, 2.75) is 26.5 Å². The van der Waals surface area contributed by atoms with Crippen LogP contribution in [-0.2, 0) is 19.6 Å². The summed E-state index contributed by atoms with van der Waals surface area (Å²) < 4.78 is 12.8. The third-order valence-corrected chi connectivity index (χ3v) is 6.59. The fraction of sp³-hybridized carbons (Fsp3) is 0.240. The number of H-pyrrole nitrogens is 1. The van der Waals surface area contributed by atoms with Crippen LogP contribution in [0.15, 0.2) is 59.1 Å². The molecule has 0 spiro atoms. The normalized spacial score (nSPS) is 11.2. The Balaban J connectivity index is 1.39. The second-order valence-corrected chi connectivity index (χ2v) is 9.11. The average molecular weight is 549 g/mol. The molecule has 0 unspecified atom stereocenters. The van der Waals surface area contributed by atoms with Gasteiger partial charge < -0.3 is 19.8 Å². The van der Waals surface area contributed by atoms with E-state index in [1.807, 2.05) is 49.4 Å². The molecule has 1 heterocycles. The highest BCUT2D eigenvalue weighted by Crippen LogP contribution is 2.35. The molecule has 0 atom stereocenters. The molecule has 0 amide bonds. The van der Waals surface area contributed by atoms with Gasteiger partial charge >= 0.3 is 0 Å². The van der Waals surface area contributed by atoms with Crippen LogP contribution < -0.4 is 14.8 Å². The van der Waals surface area contributed by atoms with Gasteiger partial charge in [-0.25, -0.2) is 4.98 Å². The third-order valence-electron chi connectivity index (χ3n) is 5.14. The maximum Gasteiger partial charge on any atom is 0.162 e. The Kier molecular flexibility index (Phi) is 8.15. The van der Waals surface area contributed by atoms with E-state index in [9.17, 15) is 0 Å². The molecule has 0 fully saturated rings. The number of nitrogens with zero attached hydrogens (tertiary/aromatic N) is 1. The van der Waals surface area contributed by atoms with Crippen LogP contribution in [0.3, 0.4) is 0 Å². The second-order valence-electron chi connectivity index (χ2n) is 7.44. The molecule has 4 rings (SSSR count). The van der Waals surface area contributed by atoms with Gasteiger partial charge in [-0.2, -0.15) is 0 Å². The highest BCUT2D eigenvalue weighted by Gasteiger charge is 2.13. The van der Waals surface area contributed by atoms with Crippen molar-refractivity contribution in [1.29, 1.82) is 0 Å². The largest absolute Gasteiger partial charge is 0.490 e. The molecule has 0 aliphatic heterocycles. The lowest BCUT2D eigenvalue weighted by molar-refractivity contribution is 0.269. The zero-order valence-corrected chi connectivity index (χ0v) is 21.2. The molecule has 0 radical (unpaired) electrons. The molecule has 33 heavy (non-hydrogen) atoms. The first kappa shape index (κ1) is 23.9. The summed E-state index contributed by atoms with van der Waals surface area (Å²) in [5.74, 6) is 2.28. The zero-order chi connectivity index (χ0) is 23.2. The maximum atomic E-state index is 6.27. The molecule has 0 saturated heterocycles. The number of fused-ring (bicyclic) bond motifs is 1. The van der Waals surface area contributed by atoms with Crippen LogP contribution in [0.2, 0.25) is 10.0 Å². The highest BCUT2D eigenvalue weighted by molar-refractivity contribution is 9.10. The monoisotopic (exact) mass is 547 g/mol. The predicted molar refractivity (Wildman–Crippen MR) is 138 cm³/mol. The van der Waals surface area contributed by atoms with Crippen molar-refractivity contribution in [3.8, 4) is 11.5 Å². The van der Waals surface area contributed by atoms with Gasteiger partial charge in [0.25, 0.3) is 0 Å². The van der Waals surface area contributed by atoms with E-state index in [1.165, 1.54) is 0 Å². The summed E-state index contributed by atoms with van der Waals surface area (Å²) in [6, 6.07) is 17.4. The van der Waals surface area contributed by atoms with E-state index in [2.05, 4.69) is 31.2 Å². The molecule has 0 aliphatic rings. The minimum Gasteiger partial charge on any atom is -0.490 e. The first-order valence-electron chi connectivity index (χ1n) is 10.7. The molecule has 0 saturated carbocycles. The lowest BCUT2D eigenvalue weighted by Crippen LogP contribution is -2.17. The molecule has 2 N–H and O–H groups in total. The second kappa shape index (κ2) is 11.3. The first-order chi connectivity index (χ1) is 16.0. The summed E-state index contributed by atoms with van der Waals surface area (Å²) in [6.07, 6.45) is 0.810. The molecule has 4 aromatic rings. The highest BCUT2D eigenvalue weighted by atomic mass is 79.9. The lowest BCUT2D eigenvalue weighted by Gasteiger charge is -2.16. The Bertz CT molecular complexity index is 1190. The number of para-hydroxylation sites is 2. The van der Waals surface area contributed by atoms with Gasteiger partial charge in [0, 0.05) is 39.6 Å². The third kappa shape index (κ3) is 6.01. The fourth-order valence-electron chi connectivity index (χ4n) is 3.47. The standard InChI is InChI=1S/C25H24BrCl2N3O2/c1-2-32-23-12-16(14-29-11-10-25-30-21-8-3-4-9-22(21)31-25)18(26)13-24(23)33-15-17-19(27)6-5-7-20(17)28/h3-9,12-13,29H,2,10-11,14-15H2,1H3,(H,30,31). The topological polar surface area (TPSA) is 59.2 Å². The van der Waals surface area contributed by atoms with E-state index in [-0.39, 0.29) is 6.61 Å². The van der Waals surface area contributed by atoms with Crippen molar-refractivity contribution in [1.82, 2.24) is 15.3 Å². The van der Waals surface area contributed by atoms with Gasteiger partial charge in [-0.1, -0.05) is 57.3 Å². The summed E-state index contributed by atoms with van der Waals surface area (Å²) >= 11 is 16.2. The van der Waals surface area contributed by atoms with Crippen molar-refractivity contribution in [2.75, 3.05) is 13.2 Å². The Labute approximate surface area is 211 Å². The van der Waals surface area contributed by atoms with Gasteiger partial charge in [-0.3, -0.25) is 0 Å². The Morgan fingerprint density at radius 2 is 1.76 bits per heavy atom. The molecule has 5 nitrogen and oxygen atoms in total. The molecular weight excluding hydrogens is 525 g/mol. The molecule has 0 aliphatic carbocycles. The number of hydrogen-bond acceptors (Lipinski definition) is 4. The van der Waals surface area contributed by atoms with Crippen LogP contribution in [-0.4, -0.2) is 23.1 Å². The van der Waals surface area contributed by atoms with Gasteiger partial charge in [0.15, 0.2) is 11.5 Å².